The van der Waals surface area contributed by atoms with Crippen molar-refractivity contribution in [3.8, 4) is 11.3 Å². The van der Waals surface area contributed by atoms with E-state index in [4.69, 9.17) is 0 Å². The third-order valence-electron chi connectivity index (χ3n) is 4.62. The van der Waals surface area contributed by atoms with E-state index < -0.39 is 0 Å². The first-order valence-corrected chi connectivity index (χ1v) is 8.63. The maximum atomic E-state index is 12.0. The smallest absolute Gasteiger partial charge is 0.252 e. The first-order chi connectivity index (χ1) is 13.1. The molecule has 134 valence electrons. The first kappa shape index (κ1) is 16.8. The molecule has 2 aromatic carbocycles. The van der Waals surface area contributed by atoms with Gasteiger partial charge in [-0.3, -0.25) is 9.78 Å². The Labute approximate surface area is 156 Å². The molecule has 0 amide bonds. The van der Waals surface area contributed by atoms with Crippen molar-refractivity contribution in [3.05, 3.63) is 82.3 Å². The molecule has 2 aromatic heterocycles. The van der Waals surface area contributed by atoms with Gasteiger partial charge in [-0.2, -0.15) is 5.10 Å². The second-order valence-electron chi connectivity index (χ2n) is 6.29. The largest absolute Gasteiger partial charge is 0.347 e. The molecule has 4 aromatic rings. The summed E-state index contributed by atoms with van der Waals surface area (Å²) >= 11 is 0. The van der Waals surface area contributed by atoms with Crippen LogP contribution in [0.1, 0.15) is 11.3 Å². The van der Waals surface area contributed by atoms with Crippen molar-refractivity contribution in [2.24, 2.45) is 12.1 Å². The zero-order valence-corrected chi connectivity index (χ0v) is 15.1. The first-order valence-electron chi connectivity index (χ1n) is 8.63. The Bertz CT molecular complexity index is 1190. The van der Waals surface area contributed by atoms with Gasteiger partial charge in [0.25, 0.3) is 5.56 Å². The molecule has 0 saturated heterocycles. The molecule has 0 bridgehead atoms. The molecular formula is C21H19N5O. The summed E-state index contributed by atoms with van der Waals surface area (Å²) in [6.45, 7) is 2.05. The van der Waals surface area contributed by atoms with Gasteiger partial charge in [0.15, 0.2) is 0 Å². The Hall–Kier alpha value is -3.67. The lowest BCUT2D eigenvalue weighted by molar-refractivity contribution is 0.916. The number of aryl methyl sites for hydroxylation is 1. The quantitative estimate of drug-likeness (QED) is 0.432. The number of para-hydroxylation sites is 1. The van der Waals surface area contributed by atoms with Gasteiger partial charge in [0.2, 0.25) is 5.95 Å². The number of rotatable bonds is 4. The molecule has 2 N–H and O–H groups in total. The molecule has 27 heavy (non-hydrogen) atoms. The van der Waals surface area contributed by atoms with Crippen molar-refractivity contribution in [2.45, 2.75) is 6.92 Å². The standard InChI is InChI=1S/C21H19N5O/c1-14-17(16-10-6-7-11-19(16)26(14)2)13-22-25-21-23-18(12-20(27)24-21)15-8-4-3-5-9-15/h3-13H,1-2H3,(H2,23,24,25,27)/b22-13-. The van der Waals surface area contributed by atoms with Crippen LogP contribution in [0.25, 0.3) is 22.2 Å². The van der Waals surface area contributed by atoms with Crippen LogP contribution in [0.2, 0.25) is 0 Å². The number of fused-ring (bicyclic) bond motifs is 1. The normalized spacial score (nSPS) is 11.3. The summed E-state index contributed by atoms with van der Waals surface area (Å²) in [4.78, 5) is 19.1. The zero-order chi connectivity index (χ0) is 18.8. The van der Waals surface area contributed by atoms with Crippen LogP contribution in [0.3, 0.4) is 0 Å². The van der Waals surface area contributed by atoms with Crippen molar-refractivity contribution in [2.75, 3.05) is 5.43 Å². The van der Waals surface area contributed by atoms with E-state index in [1.807, 2.05) is 49.5 Å². The minimum atomic E-state index is -0.233. The van der Waals surface area contributed by atoms with Crippen molar-refractivity contribution in [3.63, 3.8) is 0 Å². The Kier molecular flexibility index (Phi) is 4.30. The summed E-state index contributed by atoms with van der Waals surface area (Å²) in [5, 5.41) is 5.42. The highest BCUT2D eigenvalue weighted by Crippen LogP contribution is 2.23. The summed E-state index contributed by atoms with van der Waals surface area (Å²) in [7, 11) is 2.03. The third-order valence-corrected chi connectivity index (χ3v) is 4.62. The maximum absolute atomic E-state index is 12.0. The molecule has 0 aliphatic rings. The molecule has 0 radical (unpaired) electrons. The minimum absolute atomic E-state index is 0.233. The van der Waals surface area contributed by atoms with Crippen LogP contribution in [0.5, 0.6) is 0 Å². The second kappa shape index (κ2) is 6.92. The number of hydrogen-bond donors (Lipinski definition) is 2. The van der Waals surface area contributed by atoms with Gasteiger partial charge in [-0.1, -0.05) is 48.5 Å². The van der Waals surface area contributed by atoms with Crippen molar-refractivity contribution < 1.29 is 0 Å². The van der Waals surface area contributed by atoms with Crippen LogP contribution in [0.4, 0.5) is 5.95 Å². The SMILES string of the molecule is Cc1c(/C=N\Nc2nc(-c3ccccc3)cc(=O)[nH]2)c2ccccc2n1C. The number of benzene rings is 2. The lowest BCUT2D eigenvalue weighted by Crippen LogP contribution is -2.10. The van der Waals surface area contributed by atoms with E-state index in [2.05, 4.69) is 44.1 Å². The lowest BCUT2D eigenvalue weighted by atomic mass is 10.1. The third kappa shape index (κ3) is 3.25. The maximum Gasteiger partial charge on any atom is 0.252 e. The highest BCUT2D eigenvalue weighted by atomic mass is 16.1. The molecule has 0 saturated carbocycles. The Morgan fingerprint density at radius 2 is 1.85 bits per heavy atom. The summed E-state index contributed by atoms with van der Waals surface area (Å²) in [6, 6.07) is 19.2. The highest BCUT2D eigenvalue weighted by Gasteiger charge is 2.09. The molecule has 0 aliphatic heterocycles. The molecule has 0 unspecified atom stereocenters. The number of hydrogen-bond acceptors (Lipinski definition) is 4. The van der Waals surface area contributed by atoms with Crippen molar-refractivity contribution >= 4 is 23.1 Å². The summed E-state index contributed by atoms with van der Waals surface area (Å²) in [5.74, 6) is 0.301. The van der Waals surface area contributed by atoms with Crippen LogP contribution >= 0.6 is 0 Å². The van der Waals surface area contributed by atoms with E-state index in [9.17, 15) is 4.79 Å². The highest BCUT2D eigenvalue weighted by molar-refractivity contribution is 6.01. The Morgan fingerprint density at radius 1 is 1.11 bits per heavy atom. The minimum Gasteiger partial charge on any atom is -0.347 e. The molecule has 2 heterocycles. The predicted molar refractivity (Wildman–Crippen MR) is 109 cm³/mol. The number of aromatic amines is 1. The van der Waals surface area contributed by atoms with E-state index in [0.29, 0.717) is 11.6 Å². The van der Waals surface area contributed by atoms with Crippen LogP contribution in [-0.2, 0) is 7.05 Å². The topological polar surface area (TPSA) is 75.1 Å². The van der Waals surface area contributed by atoms with Crippen molar-refractivity contribution in [1.82, 2.24) is 14.5 Å². The predicted octanol–water partition coefficient (Wildman–Crippen LogP) is 3.68. The summed E-state index contributed by atoms with van der Waals surface area (Å²) in [6.07, 6.45) is 1.76. The van der Waals surface area contributed by atoms with E-state index in [0.717, 1.165) is 27.7 Å². The fraction of sp³-hybridized carbons (Fsp3) is 0.0952. The fourth-order valence-corrected chi connectivity index (χ4v) is 3.14. The number of hydrazone groups is 1. The lowest BCUT2D eigenvalue weighted by Gasteiger charge is -2.03. The molecule has 4 rings (SSSR count). The summed E-state index contributed by atoms with van der Waals surface area (Å²) in [5.41, 5.74) is 7.37. The molecule has 0 spiro atoms. The van der Waals surface area contributed by atoms with Crippen LogP contribution in [0, 0.1) is 6.92 Å². The Balaban J connectivity index is 1.64. The Morgan fingerprint density at radius 3 is 2.67 bits per heavy atom. The molecule has 0 atom stereocenters. The second-order valence-corrected chi connectivity index (χ2v) is 6.29. The van der Waals surface area contributed by atoms with Crippen LogP contribution in [-0.4, -0.2) is 20.7 Å². The average Bonchev–Trinajstić information content (AvgIpc) is 2.93. The summed E-state index contributed by atoms with van der Waals surface area (Å²) < 4.78 is 2.13. The van der Waals surface area contributed by atoms with E-state index in [1.165, 1.54) is 6.07 Å². The number of H-pyrrole nitrogens is 1. The monoisotopic (exact) mass is 357 g/mol. The van der Waals surface area contributed by atoms with E-state index in [1.54, 1.807) is 6.21 Å². The molecule has 0 aliphatic carbocycles. The van der Waals surface area contributed by atoms with E-state index in [-0.39, 0.29) is 5.56 Å². The molecule has 6 heteroatoms. The van der Waals surface area contributed by atoms with Crippen molar-refractivity contribution in [1.29, 1.82) is 0 Å². The van der Waals surface area contributed by atoms with Gasteiger partial charge in [0.05, 0.1) is 11.9 Å². The molecule has 6 nitrogen and oxygen atoms in total. The van der Waals surface area contributed by atoms with Crippen LogP contribution < -0.4 is 11.0 Å². The number of aromatic nitrogens is 3. The van der Waals surface area contributed by atoms with Gasteiger partial charge >= 0.3 is 0 Å². The van der Waals surface area contributed by atoms with Gasteiger partial charge in [-0.25, -0.2) is 10.4 Å². The van der Waals surface area contributed by atoms with Crippen LogP contribution in [0.15, 0.2) is 70.6 Å². The van der Waals surface area contributed by atoms with E-state index >= 15 is 0 Å². The average molecular weight is 357 g/mol. The van der Waals surface area contributed by atoms with Gasteiger partial charge in [-0.05, 0) is 13.0 Å². The molecule has 0 fully saturated rings. The van der Waals surface area contributed by atoms with Gasteiger partial charge in [0, 0.05) is 40.8 Å². The fourth-order valence-electron chi connectivity index (χ4n) is 3.14. The number of anilines is 1. The van der Waals surface area contributed by atoms with Gasteiger partial charge in [-0.15, -0.1) is 0 Å². The molecular weight excluding hydrogens is 338 g/mol. The number of nitrogens with zero attached hydrogens (tertiary/aromatic N) is 3. The number of nitrogens with one attached hydrogen (secondary N) is 2. The van der Waals surface area contributed by atoms with Gasteiger partial charge in [0.1, 0.15) is 0 Å². The zero-order valence-electron chi connectivity index (χ0n) is 15.1. The van der Waals surface area contributed by atoms with Gasteiger partial charge < -0.3 is 4.57 Å².